The second kappa shape index (κ2) is 10.2. The molecule has 0 saturated carbocycles. The Kier molecular flexibility index (Phi) is 7.36. The quantitative estimate of drug-likeness (QED) is 0.752. The zero-order valence-corrected chi connectivity index (χ0v) is 17.3. The van der Waals surface area contributed by atoms with E-state index in [1.807, 2.05) is 26.1 Å². The summed E-state index contributed by atoms with van der Waals surface area (Å²) in [5, 5.41) is 12.4. The fourth-order valence-corrected chi connectivity index (χ4v) is 3.42. The predicted molar refractivity (Wildman–Crippen MR) is 115 cm³/mol. The number of urea groups is 1. The van der Waals surface area contributed by atoms with E-state index in [0.29, 0.717) is 6.54 Å². The van der Waals surface area contributed by atoms with Gasteiger partial charge in [-0.15, -0.1) is 0 Å². The monoisotopic (exact) mass is 397 g/mol. The predicted octanol–water partition coefficient (Wildman–Crippen LogP) is 3.39. The second-order valence-corrected chi connectivity index (χ2v) is 7.68. The smallest absolute Gasteiger partial charge is 0.317 e. The van der Waals surface area contributed by atoms with Crippen LogP contribution < -0.4 is 10.2 Å². The lowest BCUT2D eigenvalue weighted by atomic mass is 10.1. The lowest BCUT2D eigenvalue weighted by Gasteiger charge is -2.29. The molecule has 0 bridgehead atoms. The van der Waals surface area contributed by atoms with Crippen LogP contribution in [0.1, 0.15) is 24.5 Å². The summed E-state index contributed by atoms with van der Waals surface area (Å²) in [6.45, 7) is 5.97. The first-order chi connectivity index (χ1) is 14.0. The first kappa shape index (κ1) is 21.0. The molecule has 2 aromatic carbocycles. The summed E-state index contributed by atoms with van der Waals surface area (Å²) in [6.07, 6.45) is 1.70. The van der Waals surface area contributed by atoms with E-state index in [1.54, 1.807) is 17.0 Å². The largest absolute Gasteiger partial charge is 0.508 e. The van der Waals surface area contributed by atoms with Crippen molar-refractivity contribution in [3.05, 3.63) is 59.7 Å². The molecule has 2 amide bonds. The van der Waals surface area contributed by atoms with Crippen LogP contribution in [0.4, 0.5) is 10.5 Å². The van der Waals surface area contributed by atoms with Crippen LogP contribution in [0.25, 0.3) is 0 Å². The molecule has 1 aliphatic rings. The molecule has 0 aliphatic carbocycles. The van der Waals surface area contributed by atoms with Gasteiger partial charge in [-0.3, -0.25) is 0 Å². The van der Waals surface area contributed by atoms with E-state index < -0.39 is 0 Å². The maximum atomic E-state index is 12.5. The van der Waals surface area contributed by atoms with Gasteiger partial charge in [-0.05, 0) is 55.2 Å². The van der Waals surface area contributed by atoms with Gasteiger partial charge in [0, 0.05) is 38.4 Å². The number of nitrogens with one attached hydrogen (secondary N) is 1. The maximum absolute atomic E-state index is 12.5. The van der Waals surface area contributed by atoms with Crippen molar-refractivity contribution in [3.63, 3.8) is 0 Å². The number of carbonyl (C=O) groups excluding carboxylic acids is 1. The standard InChI is InChI=1S/C23H31N3O3/c1-18(3-4-19-7-11-22(27)12-8-19)24-23(28)25(2)17-20-5-9-21(10-6-20)26-13-15-29-16-14-26/h5-12,18,27H,3-4,13-17H2,1-2H3,(H,24,28). The Balaban J connectivity index is 1.43. The third kappa shape index (κ3) is 6.39. The number of aromatic hydroxyl groups is 1. The van der Waals surface area contributed by atoms with Gasteiger partial charge in [0.25, 0.3) is 0 Å². The van der Waals surface area contributed by atoms with Crippen LogP contribution in [0.5, 0.6) is 5.75 Å². The lowest BCUT2D eigenvalue weighted by Crippen LogP contribution is -2.41. The number of carbonyl (C=O) groups is 1. The molecule has 3 rings (SSSR count). The number of morpholine rings is 1. The molecule has 0 spiro atoms. The summed E-state index contributed by atoms with van der Waals surface area (Å²) in [5.41, 5.74) is 3.46. The summed E-state index contributed by atoms with van der Waals surface area (Å²) in [7, 11) is 1.82. The van der Waals surface area contributed by atoms with Gasteiger partial charge in [0.2, 0.25) is 0 Å². The van der Waals surface area contributed by atoms with Crippen molar-refractivity contribution in [3.8, 4) is 5.75 Å². The molecule has 1 saturated heterocycles. The first-order valence-electron chi connectivity index (χ1n) is 10.2. The average Bonchev–Trinajstić information content (AvgIpc) is 2.74. The Morgan fingerprint density at radius 1 is 1.10 bits per heavy atom. The third-order valence-electron chi connectivity index (χ3n) is 5.25. The lowest BCUT2D eigenvalue weighted by molar-refractivity contribution is 0.122. The van der Waals surface area contributed by atoms with E-state index in [2.05, 4.69) is 34.5 Å². The number of aryl methyl sites for hydroxylation is 1. The van der Waals surface area contributed by atoms with Crippen LogP contribution in [0.15, 0.2) is 48.5 Å². The zero-order valence-electron chi connectivity index (χ0n) is 17.3. The van der Waals surface area contributed by atoms with Gasteiger partial charge in [-0.25, -0.2) is 4.79 Å². The fourth-order valence-electron chi connectivity index (χ4n) is 3.42. The van der Waals surface area contributed by atoms with E-state index in [4.69, 9.17) is 4.74 Å². The van der Waals surface area contributed by atoms with Gasteiger partial charge in [0.05, 0.1) is 13.2 Å². The number of benzene rings is 2. The minimum absolute atomic E-state index is 0.0690. The fraction of sp³-hybridized carbons (Fsp3) is 0.435. The van der Waals surface area contributed by atoms with Gasteiger partial charge in [-0.2, -0.15) is 0 Å². The molecule has 0 aromatic heterocycles. The van der Waals surface area contributed by atoms with Crippen molar-refractivity contribution < 1.29 is 14.6 Å². The number of hydrogen-bond acceptors (Lipinski definition) is 4. The Hall–Kier alpha value is -2.73. The Bertz CT molecular complexity index is 771. The van der Waals surface area contributed by atoms with Gasteiger partial charge < -0.3 is 25.0 Å². The third-order valence-corrected chi connectivity index (χ3v) is 5.25. The number of anilines is 1. The molecule has 1 aliphatic heterocycles. The highest BCUT2D eigenvalue weighted by Crippen LogP contribution is 2.17. The number of nitrogens with zero attached hydrogens (tertiary/aromatic N) is 2. The molecule has 1 fully saturated rings. The summed E-state index contributed by atoms with van der Waals surface area (Å²) >= 11 is 0. The highest BCUT2D eigenvalue weighted by atomic mass is 16.5. The Labute approximate surface area is 173 Å². The summed E-state index contributed by atoms with van der Waals surface area (Å²) in [4.78, 5) is 16.5. The maximum Gasteiger partial charge on any atom is 0.317 e. The molecule has 29 heavy (non-hydrogen) atoms. The second-order valence-electron chi connectivity index (χ2n) is 7.68. The van der Waals surface area contributed by atoms with E-state index in [9.17, 15) is 9.90 Å². The van der Waals surface area contributed by atoms with Crippen molar-refractivity contribution in [2.24, 2.45) is 0 Å². The van der Waals surface area contributed by atoms with Gasteiger partial charge in [-0.1, -0.05) is 24.3 Å². The zero-order chi connectivity index (χ0) is 20.6. The number of phenols is 1. The van der Waals surface area contributed by atoms with Crippen LogP contribution in [0.3, 0.4) is 0 Å². The van der Waals surface area contributed by atoms with E-state index in [-0.39, 0.29) is 17.8 Å². The van der Waals surface area contributed by atoms with Crippen molar-refractivity contribution in [2.75, 3.05) is 38.3 Å². The van der Waals surface area contributed by atoms with Crippen LogP contribution in [0.2, 0.25) is 0 Å². The number of phenolic OH excluding ortho intramolecular Hbond substituents is 1. The van der Waals surface area contributed by atoms with E-state index in [1.165, 1.54) is 5.69 Å². The summed E-state index contributed by atoms with van der Waals surface area (Å²) < 4.78 is 5.40. The highest BCUT2D eigenvalue weighted by Gasteiger charge is 2.14. The minimum atomic E-state index is -0.0690. The summed E-state index contributed by atoms with van der Waals surface area (Å²) in [6, 6.07) is 15.6. The number of hydrogen-bond donors (Lipinski definition) is 2. The molecule has 156 valence electrons. The Morgan fingerprint density at radius 3 is 2.38 bits per heavy atom. The van der Waals surface area contributed by atoms with Crippen LogP contribution in [0, 0.1) is 0 Å². The molecule has 1 unspecified atom stereocenters. The van der Waals surface area contributed by atoms with Crippen molar-refractivity contribution in [2.45, 2.75) is 32.4 Å². The normalized spacial score (nSPS) is 15.0. The molecule has 6 nitrogen and oxygen atoms in total. The van der Waals surface area contributed by atoms with Crippen LogP contribution in [-0.4, -0.2) is 55.4 Å². The molecule has 1 heterocycles. The van der Waals surface area contributed by atoms with E-state index in [0.717, 1.165) is 50.3 Å². The topological polar surface area (TPSA) is 65.0 Å². The number of ether oxygens (including phenoxy) is 1. The summed E-state index contributed by atoms with van der Waals surface area (Å²) in [5.74, 6) is 0.273. The number of rotatable bonds is 7. The van der Waals surface area contributed by atoms with Crippen molar-refractivity contribution in [1.82, 2.24) is 10.2 Å². The van der Waals surface area contributed by atoms with Gasteiger partial charge in [0.1, 0.15) is 5.75 Å². The number of amides is 2. The highest BCUT2D eigenvalue weighted by molar-refractivity contribution is 5.74. The molecule has 0 radical (unpaired) electrons. The molecule has 6 heteroatoms. The van der Waals surface area contributed by atoms with Crippen LogP contribution >= 0.6 is 0 Å². The molecule has 1 atom stereocenters. The van der Waals surface area contributed by atoms with Gasteiger partial charge >= 0.3 is 6.03 Å². The first-order valence-corrected chi connectivity index (χ1v) is 10.2. The van der Waals surface area contributed by atoms with Crippen molar-refractivity contribution in [1.29, 1.82) is 0 Å². The van der Waals surface area contributed by atoms with Crippen molar-refractivity contribution >= 4 is 11.7 Å². The van der Waals surface area contributed by atoms with Gasteiger partial charge in [0.15, 0.2) is 0 Å². The molecule has 2 N–H and O–H groups in total. The minimum Gasteiger partial charge on any atom is -0.508 e. The van der Waals surface area contributed by atoms with Crippen LogP contribution in [-0.2, 0) is 17.7 Å². The Morgan fingerprint density at radius 2 is 1.72 bits per heavy atom. The molecular formula is C23H31N3O3. The molecule has 2 aromatic rings. The van der Waals surface area contributed by atoms with E-state index >= 15 is 0 Å². The molecular weight excluding hydrogens is 366 g/mol. The average molecular weight is 398 g/mol. The SMILES string of the molecule is CC(CCc1ccc(O)cc1)NC(=O)N(C)Cc1ccc(N2CCOCC2)cc1.